The number of rotatable bonds is 3. The molecule has 0 amide bonds. The second-order valence-electron chi connectivity index (χ2n) is 4.39. The van der Waals surface area contributed by atoms with Gasteiger partial charge >= 0.3 is 0 Å². The maximum Gasteiger partial charge on any atom is 0.163 e. The first-order valence-electron chi connectivity index (χ1n) is 6.29. The lowest BCUT2D eigenvalue weighted by Crippen LogP contribution is -1.98. The van der Waals surface area contributed by atoms with Gasteiger partial charge in [-0.05, 0) is 46.3 Å². The molecule has 0 aliphatic heterocycles. The third-order valence-corrected chi connectivity index (χ3v) is 3.63. The van der Waals surface area contributed by atoms with Crippen LogP contribution >= 0.6 is 27.5 Å². The minimum absolute atomic E-state index is 0.311. The van der Waals surface area contributed by atoms with E-state index in [1.165, 1.54) is 6.07 Å². The van der Waals surface area contributed by atoms with E-state index in [-0.39, 0.29) is 5.82 Å². The van der Waals surface area contributed by atoms with E-state index in [0.717, 1.165) is 5.56 Å². The molecule has 0 unspecified atom stereocenters. The first kappa shape index (κ1) is 14.9. The summed E-state index contributed by atoms with van der Waals surface area (Å²) in [6, 6.07) is 9.79. The van der Waals surface area contributed by atoms with Crippen molar-refractivity contribution in [1.29, 1.82) is 0 Å². The van der Waals surface area contributed by atoms with Crippen LogP contribution in [-0.4, -0.2) is 15.0 Å². The van der Waals surface area contributed by atoms with Crippen molar-refractivity contribution >= 4 is 39.0 Å². The maximum absolute atomic E-state index is 13.3. The van der Waals surface area contributed by atoms with Crippen molar-refractivity contribution in [3.05, 3.63) is 64.2 Å². The number of nitrogens with zero attached hydrogens (tertiary/aromatic N) is 3. The molecule has 0 fully saturated rings. The SMILES string of the molecule is Fc1ccc(Nc2cc(Cl)nc(-c3ccncc3)n2)cc1Br. The smallest absolute Gasteiger partial charge is 0.163 e. The van der Waals surface area contributed by atoms with Crippen LogP contribution in [0.3, 0.4) is 0 Å². The number of hydrogen-bond donors (Lipinski definition) is 1. The Balaban J connectivity index is 1.94. The fraction of sp³-hybridized carbons (Fsp3) is 0. The molecule has 0 spiro atoms. The van der Waals surface area contributed by atoms with Gasteiger partial charge in [0.1, 0.15) is 16.8 Å². The molecule has 0 aliphatic carbocycles. The van der Waals surface area contributed by atoms with Crippen LogP contribution in [0.15, 0.2) is 53.3 Å². The summed E-state index contributed by atoms with van der Waals surface area (Å²) >= 11 is 9.19. The zero-order valence-corrected chi connectivity index (χ0v) is 13.4. The third-order valence-electron chi connectivity index (χ3n) is 2.83. The third kappa shape index (κ3) is 3.40. The van der Waals surface area contributed by atoms with E-state index in [4.69, 9.17) is 11.6 Å². The highest BCUT2D eigenvalue weighted by atomic mass is 79.9. The molecule has 0 saturated carbocycles. The number of nitrogens with one attached hydrogen (secondary N) is 1. The average Bonchev–Trinajstić information content (AvgIpc) is 2.51. The molecule has 0 atom stereocenters. The largest absolute Gasteiger partial charge is 0.340 e. The van der Waals surface area contributed by atoms with Gasteiger partial charge in [0.15, 0.2) is 5.82 Å². The fourth-order valence-corrected chi connectivity index (χ4v) is 2.40. The molecule has 4 nitrogen and oxygen atoms in total. The molecule has 1 aromatic carbocycles. The van der Waals surface area contributed by atoms with E-state index >= 15 is 0 Å². The minimum atomic E-state index is -0.330. The van der Waals surface area contributed by atoms with Gasteiger partial charge in [0.05, 0.1) is 4.47 Å². The predicted molar refractivity (Wildman–Crippen MR) is 87.7 cm³/mol. The maximum atomic E-state index is 13.3. The molecular weight excluding hydrogens is 371 g/mol. The monoisotopic (exact) mass is 378 g/mol. The summed E-state index contributed by atoms with van der Waals surface area (Å²) in [6.07, 6.45) is 3.31. The molecule has 22 heavy (non-hydrogen) atoms. The van der Waals surface area contributed by atoms with Crippen molar-refractivity contribution in [2.24, 2.45) is 0 Å². The van der Waals surface area contributed by atoms with Crippen molar-refractivity contribution in [2.75, 3.05) is 5.32 Å². The van der Waals surface area contributed by atoms with Crippen molar-refractivity contribution in [3.8, 4) is 11.4 Å². The Labute approximate surface area is 139 Å². The quantitative estimate of drug-likeness (QED) is 0.662. The van der Waals surface area contributed by atoms with Gasteiger partial charge in [-0.3, -0.25) is 4.98 Å². The molecule has 2 heterocycles. The lowest BCUT2D eigenvalue weighted by molar-refractivity contribution is 0.621. The van der Waals surface area contributed by atoms with Gasteiger partial charge in [-0.1, -0.05) is 11.6 Å². The van der Waals surface area contributed by atoms with Crippen LogP contribution in [0.1, 0.15) is 0 Å². The summed E-state index contributed by atoms with van der Waals surface area (Å²) in [5, 5.41) is 3.39. The Morgan fingerprint density at radius 2 is 1.82 bits per heavy atom. The summed E-state index contributed by atoms with van der Waals surface area (Å²) < 4.78 is 13.6. The highest BCUT2D eigenvalue weighted by molar-refractivity contribution is 9.10. The topological polar surface area (TPSA) is 50.7 Å². The molecule has 2 aromatic heterocycles. The van der Waals surface area contributed by atoms with Gasteiger partial charge in [-0.15, -0.1) is 0 Å². The van der Waals surface area contributed by atoms with Crippen LogP contribution in [0.2, 0.25) is 5.15 Å². The fourth-order valence-electron chi connectivity index (χ4n) is 1.83. The van der Waals surface area contributed by atoms with Crippen molar-refractivity contribution in [2.45, 2.75) is 0 Å². The van der Waals surface area contributed by atoms with E-state index in [9.17, 15) is 4.39 Å². The Hall–Kier alpha value is -2.05. The van der Waals surface area contributed by atoms with Crippen LogP contribution in [-0.2, 0) is 0 Å². The molecule has 0 radical (unpaired) electrons. The van der Waals surface area contributed by atoms with Crippen LogP contribution in [0.25, 0.3) is 11.4 Å². The van der Waals surface area contributed by atoms with E-state index < -0.39 is 0 Å². The number of aromatic nitrogens is 3. The number of hydrogen-bond acceptors (Lipinski definition) is 4. The lowest BCUT2D eigenvalue weighted by Gasteiger charge is -2.08. The molecule has 1 N–H and O–H groups in total. The first-order valence-corrected chi connectivity index (χ1v) is 7.46. The molecule has 3 aromatic rings. The Bertz CT molecular complexity index is 814. The van der Waals surface area contributed by atoms with Gasteiger partial charge in [0.2, 0.25) is 0 Å². The average molecular weight is 380 g/mol. The normalized spacial score (nSPS) is 10.5. The molecule has 0 saturated heterocycles. The second kappa shape index (κ2) is 6.37. The highest BCUT2D eigenvalue weighted by Gasteiger charge is 2.07. The molecule has 0 bridgehead atoms. The molecule has 3 rings (SSSR count). The van der Waals surface area contributed by atoms with Crippen molar-refractivity contribution < 1.29 is 4.39 Å². The van der Waals surface area contributed by atoms with Crippen molar-refractivity contribution in [1.82, 2.24) is 15.0 Å². The van der Waals surface area contributed by atoms with E-state index in [2.05, 4.69) is 36.2 Å². The van der Waals surface area contributed by atoms with Crippen LogP contribution in [0.4, 0.5) is 15.9 Å². The highest BCUT2D eigenvalue weighted by Crippen LogP contribution is 2.25. The molecule has 110 valence electrons. The number of benzene rings is 1. The molecule has 7 heteroatoms. The van der Waals surface area contributed by atoms with Gasteiger partial charge in [-0.2, -0.15) is 0 Å². The first-order chi connectivity index (χ1) is 10.6. The van der Waals surface area contributed by atoms with Gasteiger partial charge in [-0.25, -0.2) is 14.4 Å². The Morgan fingerprint density at radius 3 is 2.55 bits per heavy atom. The second-order valence-corrected chi connectivity index (χ2v) is 5.63. The zero-order valence-electron chi connectivity index (χ0n) is 11.1. The van der Waals surface area contributed by atoms with Crippen LogP contribution in [0, 0.1) is 5.82 Å². The number of anilines is 2. The minimum Gasteiger partial charge on any atom is -0.340 e. The van der Waals surface area contributed by atoms with Gasteiger partial charge in [0.25, 0.3) is 0 Å². The predicted octanol–water partition coefficient (Wildman–Crippen LogP) is 4.84. The number of pyridine rings is 1. The summed E-state index contributed by atoms with van der Waals surface area (Å²) in [4.78, 5) is 12.6. The van der Waals surface area contributed by atoms with E-state index in [1.54, 1.807) is 42.7 Å². The molecule has 0 aliphatic rings. The summed E-state index contributed by atoms with van der Waals surface area (Å²) in [5.74, 6) is 0.674. The van der Waals surface area contributed by atoms with E-state index in [1.807, 2.05) is 0 Å². The van der Waals surface area contributed by atoms with Crippen molar-refractivity contribution in [3.63, 3.8) is 0 Å². The molecular formula is C15H9BrClFN4. The van der Waals surface area contributed by atoms with Crippen LogP contribution in [0.5, 0.6) is 0 Å². The number of halogens is 3. The zero-order chi connectivity index (χ0) is 15.5. The summed E-state index contributed by atoms with van der Waals surface area (Å²) in [5.41, 5.74) is 1.49. The standard InChI is InChI=1S/C15H9BrClFN4/c16-11-7-10(1-2-12(11)18)20-14-8-13(17)21-15(22-14)9-3-5-19-6-4-9/h1-8H,(H,20,21,22). The Morgan fingerprint density at radius 1 is 1.05 bits per heavy atom. The van der Waals surface area contributed by atoms with Gasteiger partial charge in [0, 0.05) is 29.7 Å². The summed E-state index contributed by atoms with van der Waals surface area (Å²) in [7, 11) is 0. The van der Waals surface area contributed by atoms with Gasteiger partial charge < -0.3 is 5.32 Å². The lowest BCUT2D eigenvalue weighted by atomic mass is 10.2. The summed E-state index contributed by atoms with van der Waals surface area (Å²) in [6.45, 7) is 0. The van der Waals surface area contributed by atoms with Crippen LogP contribution < -0.4 is 5.32 Å². The Kier molecular flexibility index (Phi) is 4.31. The van der Waals surface area contributed by atoms with E-state index in [0.29, 0.717) is 27.0 Å².